The molecule has 0 saturated carbocycles. The van der Waals surface area contributed by atoms with Gasteiger partial charge in [0.1, 0.15) is 24.6 Å². The normalized spacial score (nSPS) is 13.2. The predicted molar refractivity (Wildman–Crippen MR) is 49.8 cm³/mol. The maximum absolute atomic E-state index is 12.2. The number of hydrogen-bond donors (Lipinski definition) is 0. The van der Waals surface area contributed by atoms with Crippen molar-refractivity contribution in [3.63, 3.8) is 0 Å². The first-order valence-corrected chi connectivity index (χ1v) is 4.29. The predicted octanol–water partition coefficient (Wildman–Crippen LogP) is 1.39. The van der Waals surface area contributed by atoms with E-state index in [2.05, 4.69) is 0 Å². The molecule has 0 heterocycles. The maximum atomic E-state index is 12.2. The van der Waals surface area contributed by atoms with Crippen LogP contribution in [0.4, 0.5) is 9.18 Å². The fourth-order valence-electron chi connectivity index (χ4n) is 0.700. The maximum Gasteiger partial charge on any atom is 0.410 e. The van der Waals surface area contributed by atoms with Gasteiger partial charge >= 0.3 is 6.09 Å². The average Bonchev–Trinajstić information content (AvgIpc) is 2.03. The van der Waals surface area contributed by atoms with E-state index in [1.807, 2.05) is 0 Å². The third kappa shape index (κ3) is 4.20. The van der Waals surface area contributed by atoms with Crippen LogP contribution >= 0.6 is 0 Å². The fraction of sp³-hybridized carbons (Fsp3) is 0.778. The summed E-state index contributed by atoms with van der Waals surface area (Å²) in [4.78, 5) is 22.6. The van der Waals surface area contributed by atoms with Gasteiger partial charge in [0.25, 0.3) is 0 Å². The zero-order valence-corrected chi connectivity index (χ0v) is 8.91. The second-order valence-electron chi connectivity index (χ2n) is 3.95. The second-order valence-corrected chi connectivity index (χ2v) is 3.95. The smallest absolute Gasteiger partial charge is 0.410 e. The first kappa shape index (κ1) is 12.9. The van der Waals surface area contributed by atoms with Gasteiger partial charge in [-0.15, -0.1) is 0 Å². The molecule has 1 unspecified atom stereocenters. The van der Waals surface area contributed by atoms with Gasteiger partial charge in [0.05, 0.1) is 0 Å². The monoisotopic (exact) mass is 205 g/mol. The van der Waals surface area contributed by atoms with Crippen molar-refractivity contribution < 1.29 is 18.7 Å². The van der Waals surface area contributed by atoms with E-state index in [1.54, 1.807) is 20.8 Å². The molecule has 0 bridgehead atoms. The second kappa shape index (κ2) is 4.93. The molecule has 5 heteroatoms. The number of aldehydes is 1. The molecule has 0 aliphatic carbocycles. The quantitative estimate of drug-likeness (QED) is 0.654. The number of halogens is 1. The average molecular weight is 205 g/mol. The van der Waals surface area contributed by atoms with Crippen molar-refractivity contribution in [3.8, 4) is 0 Å². The first-order chi connectivity index (χ1) is 6.31. The summed E-state index contributed by atoms with van der Waals surface area (Å²) in [6.07, 6.45) is -0.323. The van der Waals surface area contributed by atoms with Crippen molar-refractivity contribution in [2.45, 2.75) is 32.4 Å². The van der Waals surface area contributed by atoms with E-state index in [0.717, 1.165) is 4.90 Å². The summed E-state index contributed by atoms with van der Waals surface area (Å²) in [5.74, 6) is 0. The van der Waals surface area contributed by atoms with E-state index in [9.17, 15) is 14.0 Å². The molecular formula is C9H16FNO3. The Morgan fingerprint density at radius 3 is 2.36 bits per heavy atom. The zero-order valence-electron chi connectivity index (χ0n) is 8.91. The van der Waals surface area contributed by atoms with Crippen molar-refractivity contribution in [3.05, 3.63) is 0 Å². The van der Waals surface area contributed by atoms with Gasteiger partial charge in [-0.05, 0) is 20.8 Å². The molecule has 0 aliphatic rings. The lowest BCUT2D eigenvalue weighted by atomic mass is 10.2. The number of amides is 1. The summed E-state index contributed by atoms with van der Waals surface area (Å²) in [5, 5.41) is 0. The lowest BCUT2D eigenvalue weighted by molar-refractivity contribution is -0.112. The van der Waals surface area contributed by atoms with E-state index < -0.39 is 24.4 Å². The Hall–Kier alpha value is -1.13. The van der Waals surface area contributed by atoms with Gasteiger partial charge in [-0.1, -0.05) is 0 Å². The third-order valence-corrected chi connectivity index (χ3v) is 1.49. The molecule has 0 radical (unpaired) electrons. The summed E-state index contributed by atoms with van der Waals surface area (Å²) < 4.78 is 17.2. The van der Waals surface area contributed by atoms with Crippen LogP contribution in [0.25, 0.3) is 0 Å². The van der Waals surface area contributed by atoms with E-state index in [0.29, 0.717) is 6.29 Å². The largest absolute Gasteiger partial charge is 0.444 e. The number of ether oxygens (including phenoxy) is 1. The molecule has 1 amide bonds. The number of carbonyl (C=O) groups is 2. The van der Waals surface area contributed by atoms with Crippen LogP contribution in [-0.2, 0) is 9.53 Å². The minimum Gasteiger partial charge on any atom is -0.444 e. The van der Waals surface area contributed by atoms with Crippen LogP contribution in [0.15, 0.2) is 0 Å². The Labute approximate surface area is 83.0 Å². The Bertz CT molecular complexity index is 213. The number of nitrogens with zero attached hydrogens (tertiary/aromatic N) is 1. The molecule has 0 aromatic rings. The molecule has 0 rings (SSSR count). The van der Waals surface area contributed by atoms with Gasteiger partial charge in [0.15, 0.2) is 0 Å². The van der Waals surface area contributed by atoms with Crippen molar-refractivity contribution in [2.75, 3.05) is 13.7 Å². The van der Waals surface area contributed by atoms with Gasteiger partial charge < -0.3 is 9.53 Å². The van der Waals surface area contributed by atoms with Gasteiger partial charge in [-0.25, -0.2) is 9.18 Å². The van der Waals surface area contributed by atoms with Crippen molar-refractivity contribution in [1.29, 1.82) is 0 Å². The highest BCUT2D eigenvalue weighted by atomic mass is 19.1. The van der Waals surface area contributed by atoms with Gasteiger partial charge in [-0.2, -0.15) is 0 Å². The number of rotatable bonds is 3. The standard InChI is InChI=1S/C9H16FNO3/c1-9(2,3)14-8(13)11(4)7(5-10)6-12/h6-7H,5H2,1-4H3. The zero-order chi connectivity index (χ0) is 11.4. The summed E-state index contributed by atoms with van der Waals surface area (Å²) in [6.45, 7) is 4.19. The molecule has 0 N–H and O–H groups in total. The molecule has 14 heavy (non-hydrogen) atoms. The van der Waals surface area contributed by atoms with Gasteiger partial charge in [0, 0.05) is 7.05 Å². The molecule has 0 spiro atoms. The SMILES string of the molecule is CN(C(=O)OC(C)(C)C)C(C=O)CF. The molecule has 1 atom stereocenters. The molecule has 0 aromatic carbocycles. The van der Waals surface area contributed by atoms with Gasteiger partial charge in [0.2, 0.25) is 0 Å². The topological polar surface area (TPSA) is 46.6 Å². The van der Waals surface area contributed by atoms with Crippen LogP contribution in [0.5, 0.6) is 0 Å². The molecule has 0 aliphatic heterocycles. The Balaban J connectivity index is 4.31. The minimum atomic E-state index is -1.06. The Morgan fingerprint density at radius 1 is 1.57 bits per heavy atom. The van der Waals surface area contributed by atoms with E-state index in [-0.39, 0.29) is 0 Å². The van der Waals surface area contributed by atoms with Crippen molar-refractivity contribution >= 4 is 12.4 Å². The summed E-state index contributed by atoms with van der Waals surface area (Å²) in [7, 11) is 1.33. The van der Waals surface area contributed by atoms with Crippen LogP contribution in [0.2, 0.25) is 0 Å². The minimum absolute atomic E-state index is 0.379. The summed E-state index contributed by atoms with van der Waals surface area (Å²) >= 11 is 0. The van der Waals surface area contributed by atoms with Crippen LogP contribution in [0.3, 0.4) is 0 Å². The van der Waals surface area contributed by atoms with Crippen LogP contribution in [0.1, 0.15) is 20.8 Å². The highest BCUT2D eigenvalue weighted by molar-refractivity contribution is 5.73. The fourth-order valence-corrected chi connectivity index (χ4v) is 0.700. The molecule has 4 nitrogen and oxygen atoms in total. The van der Waals surface area contributed by atoms with E-state index >= 15 is 0 Å². The van der Waals surface area contributed by atoms with Crippen LogP contribution in [-0.4, -0.2) is 42.6 Å². The molecule has 0 aromatic heterocycles. The number of hydrogen-bond acceptors (Lipinski definition) is 3. The molecular weight excluding hydrogens is 189 g/mol. The molecule has 0 fully saturated rings. The van der Waals surface area contributed by atoms with Crippen molar-refractivity contribution in [2.24, 2.45) is 0 Å². The highest BCUT2D eigenvalue weighted by Gasteiger charge is 2.24. The number of likely N-dealkylation sites (N-methyl/N-ethyl adjacent to an activating group) is 1. The molecule has 82 valence electrons. The van der Waals surface area contributed by atoms with Gasteiger partial charge in [-0.3, -0.25) is 4.90 Å². The van der Waals surface area contributed by atoms with E-state index in [4.69, 9.17) is 4.74 Å². The lowest BCUT2D eigenvalue weighted by Gasteiger charge is -2.26. The highest BCUT2D eigenvalue weighted by Crippen LogP contribution is 2.10. The third-order valence-electron chi connectivity index (χ3n) is 1.49. The molecule has 0 saturated heterocycles. The number of alkyl halides is 1. The number of carbonyl (C=O) groups excluding carboxylic acids is 2. The van der Waals surface area contributed by atoms with Crippen molar-refractivity contribution in [1.82, 2.24) is 4.90 Å². The first-order valence-electron chi connectivity index (χ1n) is 4.29. The van der Waals surface area contributed by atoms with E-state index in [1.165, 1.54) is 7.05 Å². The summed E-state index contributed by atoms with van der Waals surface area (Å²) in [6, 6.07) is -1.06. The lowest BCUT2D eigenvalue weighted by Crippen LogP contribution is -2.42. The van der Waals surface area contributed by atoms with Crippen LogP contribution < -0.4 is 0 Å². The van der Waals surface area contributed by atoms with Crippen LogP contribution in [0, 0.1) is 0 Å². The Morgan fingerprint density at radius 2 is 2.07 bits per heavy atom. The summed E-state index contributed by atoms with van der Waals surface area (Å²) in [5.41, 5.74) is -0.644. The Kier molecular flexibility index (Phi) is 4.53.